The van der Waals surface area contributed by atoms with Crippen molar-refractivity contribution in [3.63, 3.8) is 0 Å². The van der Waals surface area contributed by atoms with Crippen molar-refractivity contribution >= 4 is 194 Å². The maximum atomic E-state index is 13.2. The highest BCUT2D eigenvalue weighted by Crippen LogP contribution is 2.55. The summed E-state index contributed by atoms with van der Waals surface area (Å²) < 4.78 is 334. The summed E-state index contributed by atoms with van der Waals surface area (Å²) >= 11 is 1.26. The molecule has 138 heavy (non-hydrogen) atoms. The number of carbonyl (C=O) groups excluding carboxylic acids is 8. The molecule has 4 aliphatic heterocycles. The van der Waals surface area contributed by atoms with E-state index in [1.165, 1.54) is 11.8 Å². The Morgan fingerprint density at radius 3 is 0.746 bits per heavy atom. The minimum atomic E-state index is -5.38. The largest absolute Gasteiger partial charge is 0.748 e. The Balaban J connectivity index is 0.000000251. The minimum Gasteiger partial charge on any atom is -0.748 e. The van der Waals surface area contributed by atoms with Crippen LogP contribution in [0, 0.1) is 47.3 Å². The number of ether oxygens (including phenoxy) is 9. The van der Waals surface area contributed by atoms with Crippen LogP contribution in [0.2, 0.25) is 0 Å². The van der Waals surface area contributed by atoms with E-state index in [9.17, 15) is 143 Å². The first-order valence-electron chi connectivity index (χ1n) is 42.2. The van der Waals surface area contributed by atoms with Gasteiger partial charge in [-0.05, 0) is 95.9 Å². The van der Waals surface area contributed by atoms with Gasteiger partial charge >= 0.3 is 72.5 Å². The van der Waals surface area contributed by atoms with E-state index in [1.807, 2.05) is 0 Å². The number of alkyl halides is 12. The molecule has 0 spiro atoms. The average molecular weight is 2020 g/mol. The lowest BCUT2D eigenvalue weighted by atomic mass is 9.79. The van der Waals surface area contributed by atoms with Gasteiger partial charge in [0.05, 0.1) is 217 Å². The summed E-state index contributed by atoms with van der Waals surface area (Å²) in [4.78, 5) is 103. The summed E-state index contributed by atoms with van der Waals surface area (Å²) in [5.41, 5.74) is 6.21. The lowest BCUT2D eigenvalue weighted by Crippen LogP contribution is -2.46. The number of benzene rings is 4. The molecular weight excluding hydrogens is 1940 g/mol. The van der Waals surface area contributed by atoms with Crippen molar-refractivity contribution in [3.8, 4) is 23.0 Å². The maximum absolute atomic E-state index is 13.2. The Bertz CT molecular complexity index is 5220. The number of carbonyl (C=O) groups is 8. The molecule has 58 heteroatoms. The van der Waals surface area contributed by atoms with Gasteiger partial charge in [-0.2, -0.15) is 64.4 Å². The Hall–Kier alpha value is -7.47. The van der Waals surface area contributed by atoms with E-state index in [4.69, 9.17) is 118 Å². The van der Waals surface area contributed by atoms with Crippen LogP contribution >= 0.6 is 11.8 Å². The number of fused-ring (bicyclic) bond motifs is 4. The molecule has 2 saturated carbocycles. The normalized spacial score (nSPS) is 22.4. The first-order chi connectivity index (χ1) is 64.2. The molecule has 0 amide bonds. The van der Waals surface area contributed by atoms with Gasteiger partial charge in [0.1, 0.15) is 23.0 Å². The Kier molecular flexibility index (Phi) is 42.7. The van der Waals surface area contributed by atoms with E-state index in [0.29, 0.717) is 112 Å². The summed E-state index contributed by atoms with van der Waals surface area (Å²) in [5.74, 6) is -27.1. The average Bonchev–Trinajstić information content (AvgIpc) is 1.61. The highest BCUT2D eigenvalue weighted by atomic mass is 32.2. The van der Waals surface area contributed by atoms with Crippen LogP contribution < -0.4 is 18.9 Å². The van der Waals surface area contributed by atoms with Crippen LogP contribution in [0.25, 0.3) is 0 Å². The number of halogens is 12. The fraction of sp³-hybridized carbons (Fsp3) is 0.600. The molecule has 24 radical (unpaired) electrons. The summed E-state index contributed by atoms with van der Waals surface area (Å²) in [6, 6.07) is 13.0. The topological polar surface area (TPSA) is 448 Å². The standard InChI is InChI=1S/C21H24B3F3O7S.C20H20B3F3O8S.C20H20B3F3O7S2.C19H20B3F3O7S/c22-8-12-6-13(9-23)18(14(7-12)10-24)34-20(29)16-5-3-1-2-4-15(16)19(28)33-17(21(25,26)27)11-35(30,31)32;21-5-9-3-10(6-22)17(11(4-9)7-23)34-19(28)16-13-2-1-12(32-13)15(16)18(27)33-14(20(24,25)26)8-35(29,30)31;21-5-9-3-10(6-22)17(11(4-9)7-23)33-19(28)16-13-2-1-12(34-13)15(16)18(27)32-14(20(24,25)26)8-35(29,30)31;20-6-10-4-11(7-21)16(12(5-10)8-22)32-18(27)14-3-1-2-13(14)17(26)31-15(19(23,24)25)9-33(28,29)30/h6-7,15-17H,1-5,8-11H2,(H,30,31,32);2*3-4,12-16H,1-2,5-8H2,(H,29,30,31);4-5,13-15H,1-3,6-9H2,(H,28,29,30)/p-4. The third kappa shape index (κ3) is 32.8. The van der Waals surface area contributed by atoms with Crippen LogP contribution in [0.15, 0.2) is 48.5 Å². The van der Waals surface area contributed by atoms with E-state index >= 15 is 0 Å². The Morgan fingerprint density at radius 1 is 0.297 bits per heavy atom. The zero-order valence-electron chi connectivity index (χ0n) is 73.0. The van der Waals surface area contributed by atoms with E-state index < -0.39 is 230 Å². The number of hydrogen-bond acceptors (Lipinski definition) is 30. The van der Waals surface area contributed by atoms with Crippen molar-refractivity contribution in [2.24, 2.45) is 47.3 Å². The number of hydrogen-bond donors (Lipinski definition) is 0. The van der Waals surface area contributed by atoms with E-state index in [0.717, 1.165) is 0 Å². The van der Waals surface area contributed by atoms with Gasteiger partial charge in [0.15, 0.2) is 0 Å². The van der Waals surface area contributed by atoms with Crippen molar-refractivity contribution in [3.05, 3.63) is 115 Å². The van der Waals surface area contributed by atoms with Crippen LogP contribution in [0.5, 0.6) is 23.0 Å². The van der Waals surface area contributed by atoms with E-state index in [2.05, 4.69) is 18.9 Å². The quantitative estimate of drug-likeness (QED) is 0.0116. The Morgan fingerprint density at radius 2 is 0.507 bits per heavy atom. The predicted octanol–water partition coefficient (Wildman–Crippen LogP) is 4.38. The lowest BCUT2D eigenvalue weighted by Gasteiger charge is -2.29. The van der Waals surface area contributed by atoms with Gasteiger partial charge in [-0.3, -0.25) is 38.4 Å². The number of thioether (sulfide) groups is 1. The third-order valence-electron chi connectivity index (χ3n) is 23.0. The highest BCUT2D eigenvalue weighted by Gasteiger charge is 2.61. The monoisotopic (exact) mass is 2020 g/mol. The molecule has 10 rings (SSSR count). The van der Waals surface area contributed by atoms with Crippen molar-refractivity contribution in [2.75, 3.05) is 23.0 Å². The zero-order valence-corrected chi connectivity index (χ0v) is 77.1. The molecule has 2 aliphatic carbocycles. The van der Waals surface area contributed by atoms with Crippen molar-refractivity contribution in [1.82, 2.24) is 0 Å². The second-order valence-electron chi connectivity index (χ2n) is 32.6. The molecule has 4 aromatic rings. The van der Waals surface area contributed by atoms with Crippen molar-refractivity contribution in [1.29, 1.82) is 0 Å². The Labute approximate surface area is 808 Å². The van der Waals surface area contributed by atoms with E-state index in [-0.39, 0.29) is 131 Å². The second-order valence-corrected chi connectivity index (χ2v) is 39.8. The van der Waals surface area contributed by atoms with Gasteiger partial charge in [-0.25, -0.2) is 33.7 Å². The summed E-state index contributed by atoms with van der Waals surface area (Å²) in [7, 11) is 47.2. The van der Waals surface area contributed by atoms with Gasteiger partial charge in [0.2, 0.25) is 24.4 Å². The van der Waals surface area contributed by atoms with Crippen LogP contribution in [-0.2, 0) is 178 Å². The minimum absolute atomic E-state index is 0.0165. The van der Waals surface area contributed by atoms with Gasteiger partial charge in [0, 0.05) is 10.5 Å². The molecule has 728 valence electrons. The molecule has 29 nitrogen and oxygen atoms in total. The third-order valence-corrected chi connectivity index (χ3v) is 27.6. The van der Waals surface area contributed by atoms with Gasteiger partial charge < -0.3 is 60.8 Å². The second kappa shape index (κ2) is 50.2. The summed E-state index contributed by atoms with van der Waals surface area (Å²) in [6.07, 6.45) is -31.3. The molecular formula is C80H80B12F12O29S5-4. The highest BCUT2D eigenvalue weighted by molar-refractivity contribution is 8.01. The molecule has 6 aliphatic rings. The molecule has 0 N–H and O–H groups in total. The van der Waals surface area contributed by atoms with Crippen LogP contribution in [0.4, 0.5) is 52.7 Å². The molecule has 4 aromatic carbocycles. The maximum Gasteiger partial charge on any atom is 0.426 e. The predicted molar refractivity (Wildman–Crippen MR) is 471 cm³/mol. The molecule has 4 bridgehead atoms. The van der Waals surface area contributed by atoms with Crippen molar-refractivity contribution in [2.45, 2.75) is 225 Å². The molecule has 16 unspecified atom stereocenters. The number of rotatable bonds is 36. The van der Waals surface area contributed by atoms with Crippen molar-refractivity contribution < 1.29 is 186 Å². The van der Waals surface area contributed by atoms with E-state index in [1.54, 1.807) is 48.5 Å². The SMILES string of the molecule is [B]Cc1cc(C[B])c(OC(=O)C2C3CCC(O3)C2C(=O)OC(CS(=O)(=O)[O-])C(F)(F)F)c(C[B])c1.[B]Cc1cc(C[B])c(OC(=O)C2C3CCC(S3)C2C(=O)OC(CS(=O)(=O)[O-])C(F)(F)F)c(C[B])c1.[B]Cc1cc(C[B])c(OC(=O)C2CCCC2C(=O)OC(CS(=O)(=O)[O-])C(F)(F)F)c(C[B])c1.[B]Cc1cc(C[B])c(OC(=O)C2CCCCCC2C(=O)OC(CS(=O)(=O)[O-])C(F)(F)F)c(C[B])c1. The molecule has 4 saturated heterocycles. The molecule has 4 heterocycles. The van der Waals surface area contributed by atoms with Crippen LogP contribution in [0.1, 0.15) is 144 Å². The van der Waals surface area contributed by atoms with Crippen LogP contribution in [-0.4, -0.2) is 289 Å². The fourth-order valence-corrected chi connectivity index (χ4v) is 21.0. The van der Waals surface area contributed by atoms with Gasteiger partial charge in [0.25, 0.3) is 0 Å². The smallest absolute Gasteiger partial charge is 0.426 e. The first kappa shape index (κ1) is 117. The zero-order chi connectivity index (χ0) is 104. The van der Waals surface area contributed by atoms with Gasteiger partial charge in [-0.1, -0.05) is 172 Å². The lowest BCUT2D eigenvalue weighted by molar-refractivity contribution is -0.219. The van der Waals surface area contributed by atoms with Gasteiger partial charge in [-0.15, -0.1) is 0 Å². The number of esters is 8. The fourth-order valence-electron chi connectivity index (χ4n) is 16.6. The van der Waals surface area contributed by atoms with Crippen LogP contribution in [0.3, 0.4) is 0 Å². The summed E-state index contributed by atoms with van der Waals surface area (Å²) in [6.45, 7) is 0. The molecule has 16 atom stereocenters. The first-order valence-corrected chi connectivity index (χ1v) is 49.4. The summed E-state index contributed by atoms with van der Waals surface area (Å²) in [5, 5.41) is -0.936. The molecule has 6 fully saturated rings. The molecule has 0 aromatic heterocycles.